The van der Waals surface area contributed by atoms with Crippen molar-refractivity contribution in [3.05, 3.63) is 36.4 Å². The largest absolute Gasteiger partial charge is 0.494 e. The first kappa shape index (κ1) is 8.88. The van der Waals surface area contributed by atoms with E-state index in [1.165, 1.54) is 0 Å². The molecule has 0 aliphatic heterocycles. The highest BCUT2D eigenvalue weighted by atomic mass is 16.5. The fourth-order valence-electron chi connectivity index (χ4n) is 1.46. The lowest BCUT2D eigenvalue weighted by atomic mass is 10.1. The second-order valence-electron chi connectivity index (χ2n) is 3.10. The van der Waals surface area contributed by atoms with Crippen LogP contribution in [-0.2, 0) is 5.11 Å². The molecule has 0 saturated heterocycles. The third-order valence-corrected chi connectivity index (χ3v) is 2.09. The van der Waals surface area contributed by atoms with Crippen LogP contribution >= 0.6 is 0 Å². The van der Waals surface area contributed by atoms with E-state index >= 15 is 0 Å². The number of rotatable bonds is 2. The quantitative estimate of drug-likeness (QED) is 0.708. The molecule has 2 aromatic carbocycles. The molecule has 1 radical (unpaired) electrons. The number of hydrogen-bond acceptors (Lipinski definition) is 1. The second-order valence-corrected chi connectivity index (χ2v) is 3.10. The second kappa shape index (κ2) is 3.58. The highest BCUT2D eigenvalue weighted by molar-refractivity contribution is 5.85. The molecule has 0 bridgehead atoms. The van der Waals surface area contributed by atoms with Gasteiger partial charge in [0.25, 0.3) is 0 Å². The average molecular weight is 187 g/mol. The number of benzene rings is 2. The van der Waals surface area contributed by atoms with Crippen LogP contribution in [0, 0.1) is 0 Å². The van der Waals surface area contributed by atoms with E-state index in [-0.39, 0.29) is 5.75 Å². The Labute approximate surface area is 82.8 Å². The fourth-order valence-corrected chi connectivity index (χ4v) is 1.46. The van der Waals surface area contributed by atoms with Gasteiger partial charge in [-0.2, -0.15) is 0 Å². The summed E-state index contributed by atoms with van der Waals surface area (Å²) in [6.07, 6.45) is 0. The molecular weight excluding hydrogens is 176 g/mol. The number of ether oxygens (including phenoxy) is 1. The third kappa shape index (κ3) is 1.64. The summed E-state index contributed by atoms with van der Waals surface area (Å²) in [6, 6.07) is 10.8. The topological polar surface area (TPSA) is 29.1 Å². The monoisotopic (exact) mass is 187 g/mol. The summed E-state index contributed by atoms with van der Waals surface area (Å²) < 4.78 is 5.35. The molecule has 2 rings (SSSR count). The van der Waals surface area contributed by atoms with Crippen molar-refractivity contribution in [1.82, 2.24) is 0 Å². The maximum Gasteiger partial charge on any atom is 0.179 e. The van der Waals surface area contributed by atoms with Crippen LogP contribution in [0.2, 0.25) is 0 Å². The van der Waals surface area contributed by atoms with E-state index in [0.717, 1.165) is 16.5 Å². The van der Waals surface area contributed by atoms with Gasteiger partial charge in [0.2, 0.25) is 0 Å². The highest BCUT2D eigenvalue weighted by Crippen LogP contribution is 2.24. The van der Waals surface area contributed by atoms with Crippen molar-refractivity contribution in [3.63, 3.8) is 0 Å². The zero-order chi connectivity index (χ0) is 9.97. The minimum Gasteiger partial charge on any atom is -0.494 e. The van der Waals surface area contributed by atoms with E-state index < -0.39 is 0 Å². The van der Waals surface area contributed by atoms with Crippen LogP contribution in [0.25, 0.3) is 10.8 Å². The molecule has 0 aliphatic carbocycles. The van der Waals surface area contributed by atoms with Crippen molar-refractivity contribution in [2.75, 3.05) is 6.61 Å². The Morgan fingerprint density at radius 2 is 1.86 bits per heavy atom. The van der Waals surface area contributed by atoms with E-state index in [1.54, 1.807) is 12.1 Å². The first-order valence-corrected chi connectivity index (χ1v) is 4.63. The van der Waals surface area contributed by atoms with Crippen LogP contribution in [0.1, 0.15) is 6.92 Å². The van der Waals surface area contributed by atoms with Gasteiger partial charge >= 0.3 is 0 Å². The minimum absolute atomic E-state index is 0.0335. The molecule has 0 spiro atoms. The molecule has 0 unspecified atom stereocenters. The Morgan fingerprint density at radius 1 is 1.07 bits per heavy atom. The predicted octanol–water partition coefficient (Wildman–Crippen LogP) is 3.38. The predicted molar refractivity (Wildman–Crippen MR) is 55.2 cm³/mol. The molecular formula is C12H11O2. The molecule has 0 atom stereocenters. The SMILES string of the molecule is CCOc1ccc2ccc([O])cc2c1. The van der Waals surface area contributed by atoms with Crippen molar-refractivity contribution in [2.24, 2.45) is 0 Å². The summed E-state index contributed by atoms with van der Waals surface area (Å²) in [5, 5.41) is 13.1. The van der Waals surface area contributed by atoms with Crippen molar-refractivity contribution in [2.45, 2.75) is 6.92 Å². The van der Waals surface area contributed by atoms with Crippen molar-refractivity contribution in [1.29, 1.82) is 0 Å². The van der Waals surface area contributed by atoms with Gasteiger partial charge in [0, 0.05) is 0 Å². The number of fused-ring (bicyclic) bond motifs is 1. The molecule has 0 aromatic heterocycles. The van der Waals surface area contributed by atoms with Gasteiger partial charge in [0.1, 0.15) is 5.75 Å². The standard InChI is InChI=1S/C12H11O2/c1-2-14-12-6-4-9-3-5-11(13)7-10(9)8-12/h3-8H,2H2,1H3. The Balaban J connectivity index is 2.52. The third-order valence-electron chi connectivity index (χ3n) is 2.09. The molecule has 71 valence electrons. The van der Waals surface area contributed by atoms with Crippen LogP contribution < -0.4 is 4.74 Å². The molecule has 0 saturated carbocycles. The van der Waals surface area contributed by atoms with Gasteiger partial charge in [-0.15, -0.1) is 0 Å². The van der Waals surface area contributed by atoms with E-state index in [0.29, 0.717) is 6.61 Å². The summed E-state index contributed by atoms with van der Waals surface area (Å²) in [6.45, 7) is 2.58. The molecule has 2 nitrogen and oxygen atoms in total. The van der Waals surface area contributed by atoms with E-state index in [1.807, 2.05) is 31.2 Å². The summed E-state index contributed by atoms with van der Waals surface area (Å²) in [5.74, 6) is 0.844. The smallest absolute Gasteiger partial charge is 0.179 e. The van der Waals surface area contributed by atoms with Gasteiger partial charge in [-0.05, 0) is 42.0 Å². The Kier molecular flexibility index (Phi) is 2.27. The van der Waals surface area contributed by atoms with Crippen LogP contribution in [0.4, 0.5) is 0 Å². The summed E-state index contributed by atoms with van der Waals surface area (Å²) in [7, 11) is 0. The van der Waals surface area contributed by atoms with Gasteiger partial charge in [0.05, 0.1) is 6.61 Å². The molecule has 0 amide bonds. The van der Waals surface area contributed by atoms with Gasteiger partial charge < -0.3 is 4.74 Å². The maximum atomic E-state index is 11.1. The van der Waals surface area contributed by atoms with Crippen LogP contribution in [0.5, 0.6) is 11.5 Å². The summed E-state index contributed by atoms with van der Waals surface area (Å²) in [4.78, 5) is 0. The zero-order valence-corrected chi connectivity index (χ0v) is 7.99. The molecule has 0 N–H and O–H groups in total. The molecule has 0 heterocycles. The van der Waals surface area contributed by atoms with Crippen molar-refractivity contribution in [3.8, 4) is 11.5 Å². The molecule has 14 heavy (non-hydrogen) atoms. The van der Waals surface area contributed by atoms with Crippen LogP contribution in [-0.4, -0.2) is 6.61 Å². The zero-order valence-electron chi connectivity index (χ0n) is 7.99. The molecule has 2 aromatic rings. The number of hydrogen-bond donors (Lipinski definition) is 0. The normalized spacial score (nSPS) is 10.4. The molecule has 0 fully saturated rings. The van der Waals surface area contributed by atoms with Gasteiger partial charge in [0.15, 0.2) is 5.75 Å². The lowest BCUT2D eigenvalue weighted by molar-refractivity contribution is 0.340. The Hall–Kier alpha value is -1.70. The first-order valence-electron chi connectivity index (χ1n) is 4.63. The highest BCUT2D eigenvalue weighted by Gasteiger charge is 1.98. The Morgan fingerprint density at radius 3 is 2.64 bits per heavy atom. The van der Waals surface area contributed by atoms with E-state index in [2.05, 4.69) is 0 Å². The summed E-state index contributed by atoms with van der Waals surface area (Å²) in [5.41, 5.74) is 0. The lowest BCUT2D eigenvalue weighted by Crippen LogP contribution is -1.90. The van der Waals surface area contributed by atoms with Crippen molar-refractivity contribution >= 4 is 10.8 Å². The minimum atomic E-state index is 0.0335. The van der Waals surface area contributed by atoms with Crippen molar-refractivity contribution < 1.29 is 9.84 Å². The molecule has 2 heteroatoms. The van der Waals surface area contributed by atoms with E-state index in [9.17, 15) is 5.11 Å². The first-order chi connectivity index (χ1) is 6.79. The maximum absolute atomic E-state index is 11.1. The lowest BCUT2D eigenvalue weighted by Gasteiger charge is -2.04. The summed E-state index contributed by atoms with van der Waals surface area (Å²) >= 11 is 0. The van der Waals surface area contributed by atoms with Crippen LogP contribution in [0.15, 0.2) is 36.4 Å². The van der Waals surface area contributed by atoms with Crippen LogP contribution in [0.3, 0.4) is 0 Å². The average Bonchev–Trinajstić information content (AvgIpc) is 2.17. The van der Waals surface area contributed by atoms with Gasteiger partial charge in [-0.1, -0.05) is 12.1 Å². The fraction of sp³-hybridized carbons (Fsp3) is 0.167. The van der Waals surface area contributed by atoms with Gasteiger partial charge in [-0.25, -0.2) is 0 Å². The van der Waals surface area contributed by atoms with Gasteiger partial charge in [-0.3, -0.25) is 5.11 Å². The molecule has 0 aliphatic rings. The Bertz CT molecular complexity index is 449. The van der Waals surface area contributed by atoms with E-state index in [4.69, 9.17) is 4.74 Å².